The molecule has 2 rings (SSSR count). The number of rotatable bonds is 5. The largest absolute Gasteiger partial charge is 0.384 e. The van der Waals surface area contributed by atoms with Gasteiger partial charge in [0.25, 0.3) is 5.56 Å². The second-order valence-electron chi connectivity index (χ2n) is 4.40. The van der Waals surface area contributed by atoms with Gasteiger partial charge in [0.05, 0.1) is 18.4 Å². The summed E-state index contributed by atoms with van der Waals surface area (Å²) in [6, 6.07) is 5.81. The first kappa shape index (κ1) is 14.5. The van der Waals surface area contributed by atoms with Crippen molar-refractivity contribution < 1.29 is 4.39 Å². The number of hydrogen-bond donors (Lipinski definition) is 1. The van der Waals surface area contributed by atoms with E-state index in [4.69, 9.17) is 11.6 Å². The van der Waals surface area contributed by atoms with Crippen LogP contribution < -0.4 is 10.9 Å². The van der Waals surface area contributed by atoms with E-state index in [0.29, 0.717) is 16.3 Å². The minimum absolute atomic E-state index is 0.0793. The van der Waals surface area contributed by atoms with Gasteiger partial charge >= 0.3 is 0 Å². The quantitative estimate of drug-likeness (QED) is 0.922. The van der Waals surface area contributed by atoms with Gasteiger partial charge in [0, 0.05) is 23.2 Å². The monoisotopic (exact) mass is 295 g/mol. The van der Waals surface area contributed by atoms with Gasteiger partial charge in [0.15, 0.2) is 0 Å². The van der Waals surface area contributed by atoms with Crippen LogP contribution in [0.1, 0.15) is 18.9 Å². The van der Waals surface area contributed by atoms with E-state index in [1.54, 1.807) is 18.3 Å². The van der Waals surface area contributed by atoms with Gasteiger partial charge in [-0.25, -0.2) is 9.07 Å². The zero-order valence-corrected chi connectivity index (χ0v) is 11.8. The summed E-state index contributed by atoms with van der Waals surface area (Å²) in [6.07, 6.45) is 2.52. The molecular formula is C14H15ClFN3O. The Balaban J connectivity index is 2.19. The third kappa shape index (κ3) is 3.57. The van der Waals surface area contributed by atoms with Crippen molar-refractivity contribution >= 4 is 17.3 Å². The standard InChI is InChI=1S/C14H15ClFN3O/c1-2-5-17-12-7-14(20)19(18-8-12)9-10-3-4-11(15)6-13(10)16/h3-4,6-8,17H,2,5,9H2,1H3. The molecule has 0 fully saturated rings. The minimum Gasteiger partial charge on any atom is -0.384 e. The molecule has 1 aromatic carbocycles. The van der Waals surface area contributed by atoms with E-state index in [9.17, 15) is 9.18 Å². The highest BCUT2D eigenvalue weighted by Gasteiger charge is 2.06. The molecule has 0 aliphatic carbocycles. The molecule has 2 aromatic rings. The molecule has 1 heterocycles. The first-order valence-corrected chi connectivity index (χ1v) is 6.73. The predicted molar refractivity (Wildman–Crippen MR) is 77.8 cm³/mol. The lowest BCUT2D eigenvalue weighted by Crippen LogP contribution is -2.23. The minimum atomic E-state index is -0.445. The molecule has 0 bridgehead atoms. The molecule has 0 atom stereocenters. The number of halogens is 2. The van der Waals surface area contributed by atoms with E-state index < -0.39 is 5.82 Å². The zero-order chi connectivity index (χ0) is 14.5. The summed E-state index contributed by atoms with van der Waals surface area (Å²) in [6.45, 7) is 2.89. The maximum Gasteiger partial charge on any atom is 0.269 e. The Morgan fingerprint density at radius 2 is 2.20 bits per heavy atom. The van der Waals surface area contributed by atoms with Gasteiger partial charge in [-0.1, -0.05) is 24.6 Å². The lowest BCUT2D eigenvalue weighted by atomic mass is 10.2. The van der Waals surface area contributed by atoms with E-state index in [0.717, 1.165) is 13.0 Å². The molecule has 0 unspecified atom stereocenters. The Morgan fingerprint density at radius 1 is 1.40 bits per heavy atom. The van der Waals surface area contributed by atoms with E-state index in [-0.39, 0.29) is 12.1 Å². The van der Waals surface area contributed by atoms with Crippen molar-refractivity contribution in [2.75, 3.05) is 11.9 Å². The van der Waals surface area contributed by atoms with E-state index in [2.05, 4.69) is 10.4 Å². The Bertz CT molecular complexity index is 657. The van der Waals surface area contributed by atoms with Gasteiger partial charge in [-0.05, 0) is 18.6 Å². The number of nitrogens with one attached hydrogen (secondary N) is 1. The Labute approximate surface area is 121 Å². The molecule has 0 aliphatic heterocycles. The molecule has 0 amide bonds. The van der Waals surface area contributed by atoms with Gasteiger partial charge in [-0.15, -0.1) is 0 Å². The molecule has 4 nitrogen and oxygen atoms in total. The smallest absolute Gasteiger partial charge is 0.269 e. The molecule has 0 saturated carbocycles. The average Bonchev–Trinajstić information content (AvgIpc) is 2.42. The van der Waals surface area contributed by atoms with Crippen LogP contribution in [0.3, 0.4) is 0 Å². The van der Waals surface area contributed by atoms with Crippen LogP contribution in [0.15, 0.2) is 35.3 Å². The zero-order valence-electron chi connectivity index (χ0n) is 11.1. The molecule has 20 heavy (non-hydrogen) atoms. The number of aromatic nitrogens is 2. The molecule has 0 spiro atoms. The third-order valence-corrected chi connectivity index (χ3v) is 3.02. The topological polar surface area (TPSA) is 46.9 Å². The summed E-state index contributed by atoms with van der Waals surface area (Å²) in [5, 5.41) is 7.43. The Morgan fingerprint density at radius 3 is 2.85 bits per heavy atom. The van der Waals surface area contributed by atoms with Crippen LogP contribution in [0.25, 0.3) is 0 Å². The molecule has 6 heteroatoms. The van der Waals surface area contributed by atoms with E-state index in [1.807, 2.05) is 6.92 Å². The lowest BCUT2D eigenvalue weighted by Gasteiger charge is -2.08. The molecule has 1 aromatic heterocycles. The highest BCUT2D eigenvalue weighted by atomic mass is 35.5. The maximum atomic E-state index is 13.7. The van der Waals surface area contributed by atoms with Crippen molar-refractivity contribution in [3.05, 3.63) is 57.2 Å². The molecule has 0 radical (unpaired) electrons. The fraction of sp³-hybridized carbons (Fsp3) is 0.286. The van der Waals surface area contributed by atoms with Gasteiger partial charge < -0.3 is 5.32 Å². The summed E-state index contributed by atoms with van der Waals surface area (Å²) in [4.78, 5) is 11.9. The van der Waals surface area contributed by atoms with Crippen LogP contribution >= 0.6 is 11.6 Å². The van der Waals surface area contributed by atoms with Crippen molar-refractivity contribution in [3.63, 3.8) is 0 Å². The average molecular weight is 296 g/mol. The fourth-order valence-corrected chi connectivity index (χ4v) is 1.89. The summed E-state index contributed by atoms with van der Waals surface area (Å²) < 4.78 is 14.9. The number of anilines is 1. The van der Waals surface area contributed by atoms with Crippen LogP contribution in [0.4, 0.5) is 10.1 Å². The Kier molecular flexibility index (Phi) is 4.74. The van der Waals surface area contributed by atoms with Crippen LogP contribution in [0, 0.1) is 5.82 Å². The summed E-state index contributed by atoms with van der Waals surface area (Å²) in [5.41, 5.74) is 0.767. The summed E-state index contributed by atoms with van der Waals surface area (Å²) in [5.74, 6) is -0.445. The summed E-state index contributed by atoms with van der Waals surface area (Å²) >= 11 is 5.69. The fourth-order valence-electron chi connectivity index (χ4n) is 1.73. The SMILES string of the molecule is CCCNc1cnn(Cc2ccc(Cl)cc2F)c(=O)c1. The van der Waals surface area contributed by atoms with Crippen LogP contribution in [0.5, 0.6) is 0 Å². The third-order valence-electron chi connectivity index (χ3n) is 2.78. The van der Waals surface area contributed by atoms with Crippen molar-refractivity contribution in [1.82, 2.24) is 9.78 Å². The van der Waals surface area contributed by atoms with Crippen LogP contribution in [0.2, 0.25) is 5.02 Å². The second-order valence-corrected chi connectivity index (χ2v) is 4.84. The summed E-state index contributed by atoms with van der Waals surface area (Å²) in [7, 11) is 0. The first-order chi connectivity index (χ1) is 9.60. The highest BCUT2D eigenvalue weighted by Crippen LogP contribution is 2.15. The first-order valence-electron chi connectivity index (χ1n) is 6.35. The predicted octanol–water partition coefficient (Wildman–Crippen LogP) is 2.91. The molecular weight excluding hydrogens is 281 g/mol. The van der Waals surface area contributed by atoms with Crippen LogP contribution in [-0.2, 0) is 6.54 Å². The molecule has 106 valence electrons. The lowest BCUT2D eigenvalue weighted by molar-refractivity contribution is 0.572. The van der Waals surface area contributed by atoms with Crippen molar-refractivity contribution in [1.29, 1.82) is 0 Å². The normalized spacial score (nSPS) is 10.6. The van der Waals surface area contributed by atoms with Gasteiger partial charge in [-0.3, -0.25) is 4.79 Å². The number of nitrogens with zero attached hydrogens (tertiary/aromatic N) is 2. The van der Waals surface area contributed by atoms with E-state index >= 15 is 0 Å². The van der Waals surface area contributed by atoms with Gasteiger partial charge in [0.2, 0.25) is 0 Å². The van der Waals surface area contributed by atoms with Gasteiger partial charge in [-0.2, -0.15) is 5.10 Å². The molecule has 1 N–H and O–H groups in total. The Hall–Kier alpha value is -1.88. The van der Waals surface area contributed by atoms with Crippen molar-refractivity contribution in [3.8, 4) is 0 Å². The molecule has 0 aliphatic rings. The molecule has 0 saturated heterocycles. The van der Waals surface area contributed by atoms with Gasteiger partial charge in [0.1, 0.15) is 5.82 Å². The van der Waals surface area contributed by atoms with Crippen molar-refractivity contribution in [2.45, 2.75) is 19.9 Å². The van der Waals surface area contributed by atoms with Crippen molar-refractivity contribution in [2.24, 2.45) is 0 Å². The van der Waals surface area contributed by atoms with Crippen LogP contribution in [-0.4, -0.2) is 16.3 Å². The number of hydrogen-bond acceptors (Lipinski definition) is 3. The number of benzene rings is 1. The van der Waals surface area contributed by atoms with E-state index in [1.165, 1.54) is 16.8 Å². The highest BCUT2D eigenvalue weighted by molar-refractivity contribution is 6.30. The maximum absolute atomic E-state index is 13.7. The second kappa shape index (κ2) is 6.52.